The van der Waals surface area contributed by atoms with Crippen molar-refractivity contribution in [2.45, 2.75) is 34.2 Å². The molecule has 1 N–H and O–H groups in total. The Bertz CT molecular complexity index is 320. The van der Waals surface area contributed by atoms with Gasteiger partial charge in [-0.1, -0.05) is 27.7 Å². The highest BCUT2D eigenvalue weighted by molar-refractivity contribution is 7.07. The molecule has 0 saturated carbocycles. The van der Waals surface area contributed by atoms with E-state index in [2.05, 4.69) is 55.3 Å². The summed E-state index contributed by atoms with van der Waals surface area (Å²) in [6.45, 7) is 13.3. The van der Waals surface area contributed by atoms with E-state index in [0.717, 1.165) is 26.2 Å². The minimum absolute atomic E-state index is 0.291. The molecular formula is C14H27N3S. The van der Waals surface area contributed by atoms with Crippen molar-refractivity contribution in [1.29, 1.82) is 0 Å². The second-order valence-electron chi connectivity index (χ2n) is 6.34. The van der Waals surface area contributed by atoms with Crippen molar-refractivity contribution >= 4 is 11.3 Å². The van der Waals surface area contributed by atoms with Gasteiger partial charge in [0.05, 0.1) is 11.2 Å². The molecule has 1 heterocycles. The first-order valence-electron chi connectivity index (χ1n) is 6.65. The first kappa shape index (κ1) is 15.6. The van der Waals surface area contributed by atoms with E-state index in [9.17, 15) is 0 Å². The Kier molecular flexibility index (Phi) is 6.26. The molecule has 4 heteroatoms. The third-order valence-corrected chi connectivity index (χ3v) is 3.40. The molecular weight excluding hydrogens is 242 g/mol. The Hall–Kier alpha value is -0.450. The quantitative estimate of drug-likeness (QED) is 0.786. The summed E-state index contributed by atoms with van der Waals surface area (Å²) in [5.41, 5.74) is 3.37. The summed E-state index contributed by atoms with van der Waals surface area (Å²) >= 11 is 1.67. The first-order valence-corrected chi connectivity index (χ1v) is 7.60. The lowest BCUT2D eigenvalue weighted by atomic mass is 9.92. The number of nitrogens with zero attached hydrogens (tertiary/aromatic N) is 2. The van der Waals surface area contributed by atoms with Gasteiger partial charge in [0.25, 0.3) is 0 Å². The van der Waals surface area contributed by atoms with Crippen molar-refractivity contribution < 1.29 is 0 Å². The van der Waals surface area contributed by atoms with Gasteiger partial charge >= 0.3 is 0 Å². The molecule has 0 amide bonds. The number of nitrogens with one attached hydrogen (secondary N) is 1. The van der Waals surface area contributed by atoms with Crippen LogP contribution >= 0.6 is 11.3 Å². The summed E-state index contributed by atoms with van der Waals surface area (Å²) in [7, 11) is 2.17. The van der Waals surface area contributed by atoms with Crippen molar-refractivity contribution in [3.05, 3.63) is 16.6 Å². The number of thiazole rings is 1. The summed E-state index contributed by atoms with van der Waals surface area (Å²) in [6.07, 6.45) is 0. The summed E-state index contributed by atoms with van der Waals surface area (Å²) in [5, 5.41) is 5.67. The van der Waals surface area contributed by atoms with Gasteiger partial charge in [0.15, 0.2) is 0 Å². The van der Waals surface area contributed by atoms with E-state index in [4.69, 9.17) is 0 Å². The smallest absolute Gasteiger partial charge is 0.0795 e. The van der Waals surface area contributed by atoms with Gasteiger partial charge in [-0.05, 0) is 24.9 Å². The highest BCUT2D eigenvalue weighted by Crippen LogP contribution is 2.16. The van der Waals surface area contributed by atoms with Crippen LogP contribution in [0.15, 0.2) is 10.9 Å². The third-order valence-electron chi connectivity index (χ3n) is 2.77. The van der Waals surface area contributed by atoms with E-state index in [1.807, 2.05) is 5.51 Å². The van der Waals surface area contributed by atoms with Crippen LogP contribution in [0.3, 0.4) is 0 Å². The lowest BCUT2D eigenvalue weighted by molar-refractivity contribution is 0.196. The second kappa shape index (κ2) is 7.22. The van der Waals surface area contributed by atoms with E-state index in [1.54, 1.807) is 11.3 Å². The molecule has 18 heavy (non-hydrogen) atoms. The third kappa shape index (κ3) is 6.47. The fraction of sp³-hybridized carbons (Fsp3) is 0.786. The van der Waals surface area contributed by atoms with Crippen LogP contribution in [-0.2, 0) is 6.54 Å². The number of hydrogen-bond donors (Lipinski definition) is 1. The predicted molar refractivity (Wildman–Crippen MR) is 79.9 cm³/mol. The Labute approximate surface area is 116 Å². The van der Waals surface area contributed by atoms with Crippen LogP contribution < -0.4 is 5.32 Å². The van der Waals surface area contributed by atoms with E-state index >= 15 is 0 Å². The average Bonchev–Trinajstić information content (AvgIpc) is 2.67. The lowest BCUT2D eigenvalue weighted by Gasteiger charge is -2.30. The predicted octanol–water partition coefficient (Wildman–Crippen LogP) is 2.85. The zero-order chi connectivity index (χ0) is 13.6. The lowest BCUT2D eigenvalue weighted by Crippen LogP contribution is -2.39. The number of aromatic nitrogens is 1. The fourth-order valence-corrected chi connectivity index (χ4v) is 2.68. The van der Waals surface area contributed by atoms with Crippen LogP contribution in [0, 0.1) is 11.3 Å². The minimum Gasteiger partial charge on any atom is -0.316 e. The van der Waals surface area contributed by atoms with Gasteiger partial charge < -0.3 is 5.32 Å². The van der Waals surface area contributed by atoms with Gasteiger partial charge in [0.1, 0.15) is 0 Å². The van der Waals surface area contributed by atoms with Crippen molar-refractivity contribution in [3.63, 3.8) is 0 Å². The maximum atomic E-state index is 4.33. The van der Waals surface area contributed by atoms with Crippen molar-refractivity contribution in [3.8, 4) is 0 Å². The van der Waals surface area contributed by atoms with Crippen LogP contribution in [0.5, 0.6) is 0 Å². The van der Waals surface area contributed by atoms with Gasteiger partial charge in [-0.3, -0.25) is 4.90 Å². The van der Waals surface area contributed by atoms with Crippen molar-refractivity contribution in [2.24, 2.45) is 11.3 Å². The molecule has 104 valence electrons. The summed E-state index contributed by atoms with van der Waals surface area (Å²) in [4.78, 5) is 6.69. The number of hydrogen-bond acceptors (Lipinski definition) is 4. The fourth-order valence-electron chi connectivity index (χ4n) is 2.13. The van der Waals surface area contributed by atoms with Crippen LogP contribution in [-0.4, -0.2) is 36.6 Å². The zero-order valence-electron chi connectivity index (χ0n) is 12.4. The van der Waals surface area contributed by atoms with E-state index < -0.39 is 0 Å². The molecule has 0 radical (unpaired) electrons. The van der Waals surface area contributed by atoms with Crippen molar-refractivity contribution in [2.75, 3.05) is 26.7 Å². The standard InChI is InChI=1S/C14H27N3S/c1-12(2)6-15-9-14(3,4)10-17(5)7-13-8-18-11-16-13/h8,11-12,15H,6-7,9-10H2,1-5H3. The normalized spacial score (nSPS) is 12.6. The molecule has 3 nitrogen and oxygen atoms in total. The number of rotatable bonds is 8. The summed E-state index contributed by atoms with van der Waals surface area (Å²) in [6, 6.07) is 0. The molecule has 0 aliphatic heterocycles. The largest absolute Gasteiger partial charge is 0.316 e. The van der Waals surface area contributed by atoms with Crippen LogP contribution in [0.2, 0.25) is 0 Å². The summed E-state index contributed by atoms with van der Waals surface area (Å²) < 4.78 is 0. The van der Waals surface area contributed by atoms with Gasteiger partial charge in [-0.2, -0.15) is 0 Å². The molecule has 1 rings (SSSR count). The Morgan fingerprint density at radius 2 is 2.17 bits per heavy atom. The summed E-state index contributed by atoms with van der Waals surface area (Å²) in [5.74, 6) is 0.716. The highest BCUT2D eigenvalue weighted by atomic mass is 32.1. The zero-order valence-corrected chi connectivity index (χ0v) is 13.2. The van der Waals surface area contributed by atoms with Gasteiger partial charge in [-0.15, -0.1) is 11.3 Å². The molecule has 0 atom stereocenters. The van der Waals surface area contributed by atoms with Crippen LogP contribution in [0.25, 0.3) is 0 Å². The van der Waals surface area contributed by atoms with E-state index in [-0.39, 0.29) is 0 Å². The Balaban J connectivity index is 2.30. The molecule has 0 saturated heterocycles. The van der Waals surface area contributed by atoms with Gasteiger partial charge in [0.2, 0.25) is 0 Å². The van der Waals surface area contributed by atoms with Crippen molar-refractivity contribution in [1.82, 2.24) is 15.2 Å². The molecule has 1 aromatic heterocycles. The molecule has 0 aliphatic rings. The molecule has 0 bridgehead atoms. The monoisotopic (exact) mass is 269 g/mol. The van der Waals surface area contributed by atoms with E-state index in [1.165, 1.54) is 5.69 Å². The second-order valence-corrected chi connectivity index (χ2v) is 7.06. The topological polar surface area (TPSA) is 28.2 Å². The Morgan fingerprint density at radius 1 is 1.44 bits per heavy atom. The average molecular weight is 269 g/mol. The maximum absolute atomic E-state index is 4.33. The van der Waals surface area contributed by atoms with Crippen LogP contribution in [0.1, 0.15) is 33.4 Å². The highest BCUT2D eigenvalue weighted by Gasteiger charge is 2.20. The van der Waals surface area contributed by atoms with Gasteiger partial charge in [0, 0.05) is 25.0 Å². The minimum atomic E-state index is 0.291. The molecule has 0 aliphatic carbocycles. The molecule has 0 fully saturated rings. The maximum Gasteiger partial charge on any atom is 0.0795 e. The van der Waals surface area contributed by atoms with Gasteiger partial charge in [-0.25, -0.2) is 4.98 Å². The SMILES string of the molecule is CC(C)CNCC(C)(C)CN(C)Cc1cscn1. The molecule has 1 aromatic rings. The molecule has 0 spiro atoms. The van der Waals surface area contributed by atoms with Crippen LogP contribution in [0.4, 0.5) is 0 Å². The first-order chi connectivity index (χ1) is 8.39. The molecule has 0 aromatic carbocycles. The molecule has 0 unspecified atom stereocenters. The Morgan fingerprint density at radius 3 is 2.72 bits per heavy atom. The van der Waals surface area contributed by atoms with E-state index in [0.29, 0.717) is 11.3 Å².